The number of hydrogen-bond donors (Lipinski definition) is 2. The molecule has 5 heteroatoms. The van der Waals surface area contributed by atoms with Gasteiger partial charge >= 0.3 is 0 Å². The summed E-state index contributed by atoms with van der Waals surface area (Å²) in [7, 11) is 1.63. The lowest BCUT2D eigenvalue weighted by molar-refractivity contribution is 0.413. The molecule has 2 aromatic carbocycles. The standard InChI is InChI=1S/C14H13ClN2OS/c1-18-9-4-2-5-10(8-9)19-12-7-3-6-11(15)13(12)14(16)17/h2-8H,1H3,(H3,16,17). The normalized spacial score (nSPS) is 10.2. The van der Waals surface area contributed by atoms with Crippen LogP contribution in [-0.4, -0.2) is 12.9 Å². The van der Waals surface area contributed by atoms with E-state index in [2.05, 4.69) is 0 Å². The lowest BCUT2D eigenvalue weighted by Crippen LogP contribution is -2.12. The second-order valence-electron chi connectivity index (χ2n) is 3.81. The number of ether oxygens (including phenoxy) is 1. The number of benzene rings is 2. The van der Waals surface area contributed by atoms with E-state index in [1.165, 1.54) is 11.8 Å². The predicted molar refractivity (Wildman–Crippen MR) is 79.6 cm³/mol. The molecule has 0 heterocycles. The second-order valence-corrected chi connectivity index (χ2v) is 5.33. The van der Waals surface area contributed by atoms with E-state index in [1.54, 1.807) is 13.2 Å². The molecule has 0 aliphatic rings. The maximum atomic E-state index is 7.62. The van der Waals surface area contributed by atoms with Gasteiger partial charge in [-0.25, -0.2) is 0 Å². The molecule has 98 valence electrons. The van der Waals surface area contributed by atoms with Crippen LogP contribution < -0.4 is 10.5 Å². The molecular formula is C14H13ClN2OS. The van der Waals surface area contributed by atoms with Gasteiger partial charge in [-0.15, -0.1) is 0 Å². The Balaban J connectivity index is 2.38. The first-order valence-corrected chi connectivity index (χ1v) is 6.76. The molecule has 0 fully saturated rings. The summed E-state index contributed by atoms with van der Waals surface area (Å²) < 4.78 is 5.19. The van der Waals surface area contributed by atoms with E-state index in [4.69, 9.17) is 27.5 Å². The minimum absolute atomic E-state index is 0.0315. The van der Waals surface area contributed by atoms with Crippen LogP contribution in [0, 0.1) is 5.41 Å². The summed E-state index contributed by atoms with van der Waals surface area (Å²) in [5.74, 6) is 0.757. The number of methoxy groups -OCH3 is 1. The molecule has 0 bridgehead atoms. The Bertz CT molecular complexity index is 616. The van der Waals surface area contributed by atoms with E-state index < -0.39 is 0 Å². The second kappa shape index (κ2) is 5.99. The van der Waals surface area contributed by atoms with E-state index >= 15 is 0 Å². The van der Waals surface area contributed by atoms with Crippen LogP contribution in [0.2, 0.25) is 5.02 Å². The van der Waals surface area contributed by atoms with Gasteiger partial charge in [-0.3, -0.25) is 5.41 Å². The van der Waals surface area contributed by atoms with Crippen molar-refractivity contribution in [3.05, 3.63) is 53.1 Å². The van der Waals surface area contributed by atoms with Crippen LogP contribution >= 0.6 is 23.4 Å². The first-order valence-electron chi connectivity index (χ1n) is 5.56. The molecule has 0 aromatic heterocycles. The van der Waals surface area contributed by atoms with Gasteiger partial charge in [0.15, 0.2) is 0 Å². The molecule has 0 aliphatic carbocycles. The number of halogens is 1. The predicted octanol–water partition coefficient (Wildman–Crippen LogP) is 3.78. The van der Waals surface area contributed by atoms with Crippen molar-refractivity contribution in [2.75, 3.05) is 7.11 Å². The molecule has 3 nitrogen and oxygen atoms in total. The van der Waals surface area contributed by atoms with Crippen molar-refractivity contribution in [2.24, 2.45) is 5.73 Å². The Morgan fingerprint density at radius 1 is 1.26 bits per heavy atom. The molecule has 0 radical (unpaired) electrons. The molecule has 0 amide bonds. The monoisotopic (exact) mass is 292 g/mol. The quantitative estimate of drug-likeness (QED) is 0.666. The summed E-state index contributed by atoms with van der Waals surface area (Å²) in [6.07, 6.45) is 0. The molecule has 0 spiro atoms. The van der Waals surface area contributed by atoms with E-state index in [0.29, 0.717) is 10.6 Å². The molecule has 2 rings (SSSR count). The van der Waals surface area contributed by atoms with Crippen molar-refractivity contribution in [3.8, 4) is 5.75 Å². The summed E-state index contributed by atoms with van der Waals surface area (Å²) >= 11 is 7.59. The SMILES string of the molecule is COc1cccc(Sc2cccc(Cl)c2C(=N)N)c1. The number of nitrogens with one attached hydrogen (secondary N) is 1. The van der Waals surface area contributed by atoms with Crippen LogP contribution in [0.3, 0.4) is 0 Å². The molecular weight excluding hydrogens is 280 g/mol. The number of rotatable bonds is 4. The maximum absolute atomic E-state index is 7.62. The number of hydrogen-bond acceptors (Lipinski definition) is 3. The largest absolute Gasteiger partial charge is 0.497 e. The summed E-state index contributed by atoms with van der Waals surface area (Å²) in [4.78, 5) is 1.86. The Kier molecular flexibility index (Phi) is 4.35. The summed E-state index contributed by atoms with van der Waals surface area (Å²) in [6.45, 7) is 0. The van der Waals surface area contributed by atoms with Crippen molar-refractivity contribution >= 4 is 29.2 Å². The van der Waals surface area contributed by atoms with E-state index in [9.17, 15) is 0 Å². The Labute approximate surface area is 121 Å². The highest BCUT2D eigenvalue weighted by Gasteiger charge is 2.11. The minimum atomic E-state index is -0.0315. The van der Waals surface area contributed by atoms with Gasteiger partial charge in [0.25, 0.3) is 0 Å². The van der Waals surface area contributed by atoms with Crippen LogP contribution in [0.15, 0.2) is 52.3 Å². The number of nitrogen functional groups attached to an aromatic ring is 1. The topological polar surface area (TPSA) is 59.1 Å². The van der Waals surface area contributed by atoms with E-state index in [0.717, 1.165) is 15.5 Å². The van der Waals surface area contributed by atoms with Crippen LogP contribution in [0.25, 0.3) is 0 Å². The van der Waals surface area contributed by atoms with Gasteiger partial charge < -0.3 is 10.5 Å². The molecule has 0 unspecified atom stereocenters. The van der Waals surface area contributed by atoms with Gasteiger partial charge in [0.05, 0.1) is 12.1 Å². The number of nitrogens with two attached hydrogens (primary N) is 1. The molecule has 0 aliphatic heterocycles. The highest BCUT2D eigenvalue weighted by molar-refractivity contribution is 7.99. The summed E-state index contributed by atoms with van der Waals surface area (Å²) in [5, 5.41) is 8.10. The zero-order valence-electron chi connectivity index (χ0n) is 10.3. The van der Waals surface area contributed by atoms with Gasteiger partial charge in [0.1, 0.15) is 11.6 Å². The van der Waals surface area contributed by atoms with E-state index in [1.807, 2.05) is 36.4 Å². The smallest absolute Gasteiger partial charge is 0.125 e. The lowest BCUT2D eigenvalue weighted by atomic mass is 10.2. The number of amidine groups is 1. The molecule has 0 saturated heterocycles. The third kappa shape index (κ3) is 3.22. The fourth-order valence-electron chi connectivity index (χ4n) is 1.64. The van der Waals surface area contributed by atoms with Crippen molar-refractivity contribution in [1.29, 1.82) is 5.41 Å². The van der Waals surface area contributed by atoms with Crippen LogP contribution in [-0.2, 0) is 0 Å². The molecule has 2 aromatic rings. The summed E-state index contributed by atoms with van der Waals surface area (Å²) in [5.41, 5.74) is 6.15. The van der Waals surface area contributed by atoms with Crippen molar-refractivity contribution in [3.63, 3.8) is 0 Å². The molecule has 0 atom stereocenters. The molecule has 3 N–H and O–H groups in total. The fourth-order valence-corrected chi connectivity index (χ4v) is 3.02. The Morgan fingerprint density at radius 3 is 2.68 bits per heavy atom. The van der Waals surface area contributed by atoms with Crippen molar-refractivity contribution < 1.29 is 4.74 Å². The summed E-state index contributed by atoms with van der Waals surface area (Å²) in [6, 6.07) is 13.2. The lowest BCUT2D eigenvalue weighted by Gasteiger charge is -2.10. The van der Waals surface area contributed by atoms with Gasteiger partial charge in [-0.1, -0.05) is 35.5 Å². The van der Waals surface area contributed by atoms with Gasteiger partial charge in [0, 0.05) is 15.4 Å². The fraction of sp³-hybridized carbons (Fsp3) is 0.0714. The first kappa shape index (κ1) is 13.8. The maximum Gasteiger partial charge on any atom is 0.125 e. The third-order valence-corrected chi connectivity index (χ3v) is 3.88. The zero-order chi connectivity index (χ0) is 13.8. The van der Waals surface area contributed by atoms with Crippen LogP contribution in [0.5, 0.6) is 5.75 Å². The highest BCUT2D eigenvalue weighted by atomic mass is 35.5. The Morgan fingerprint density at radius 2 is 2.00 bits per heavy atom. The van der Waals surface area contributed by atoms with E-state index in [-0.39, 0.29) is 5.84 Å². The average molecular weight is 293 g/mol. The molecule has 19 heavy (non-hydrogen) atoms. The molecule has 0 saturated carbocycles. The average Bonchev–Trinajstić information content (AvgIpc) is 2.38. The van der Waals surface area contributed by atoms with Gasteiger partial charge in [-0.05, 0) is 30.3 Å². The van der Waals surface area contributed by atoms with Crippen LogP contribution in [0.4, 0.5) is 0 Å². The van der Waals surface area contributed by atoms with Crippen molar-refractivity contribution in [1.82, 2.24) is 0 Å². The van der Waals surface area contributed by atoms with Gasteiger partial charge in [-0.2, -0.15) is 0 Å². The van der Waals surface area contributed by atoms with Gasteiger partial charge in [0.2, 0.25) is 0 Å². The van der Waals surface area contributed by atoms with Crippen molar-refractivity contribution in [2.45, 2.75) is 9.79 Å². The first-order chi connectivity index (χ1) is 9.11. The zero-order valence-corrected chi connectivity index (χ0v) is 11.9. The minimum Gasteiger partial charge on any atom is -0.497 e. The third-order valence-electron chi connectivity index (χ3n) is 2.51. The van der Waals surface area contributed by atoms with Crippen LogP contribution in [0.1, 0.15) is 5.56 Å². The Hall–Kier alpha value is -1.65. The highest BCUT2D eigenvalue weighted by Crippen LogP contribution is 2.34.